The van der Waals surface area contributed by atoms with Gasteiger partial charge in [0.2, 0.25) is 0 Å². The van der Waals surface area contributed by atoms with Crippen molar-refractivity contribution in [2.75, 3.05) is 11.1 Å². The predicted octanol–water partition coefficient (Wildman–Crippen LogP) is 3.43. The Morgan fingerprint density at radius 2 is 1.89 bits per heavy atom. The van der Waals surface area contributed by atoms with Crippen molar-refractivity contribution in [1.82, 2.24) is 4.98 Å². The number of hydrogen-bond acceptors (Lipinski definition) is 3. The molecule has 3 nitrogen and oxygen atoms in total. The van der Waals surface area contributed by atoms with Gasteiger partial charge in [-0.2, -0.15) is 13.2 Å². The van der Waals surface area contributed by atoms with Gasteiger partial charge in [-0.25, -0.2) is 4.98 Å². The molecule has 100 valence electrons. The van der Waals surface area contributed by atoms with Crippen molar-refractivity contribution in [3.63, 3.8) is 0 Å². The van der Waals surface area contributed by atoms with Crippen molar-refractivity contribution in [2.24, 2.45) is 0 Å². The third kappa shape index (κ3) is 3.05. The fraction of sp³-hybridized carbons (Fsp3) is 0.583. The van der Waals surface area contributed by atoms with E-state index in [1.807, 2.05) is 0 Å². The SMILES string of the molecule is Nc1ncc(C(F)(F)F)cc1NC1CCCCC1. The molecular formula is C12H16F3N3. The van der Waals surface area contributed by atoms with Crippen molar-refractivity contribution in [3.8, 4) is 0 Å². The highest BCUT2D eigenvalue weighted by Gasteiger charge is 2.31. The molecule has 1 aromatic rings. The second kappa shape index (κ2) is 5.04. The molecular weight excluding hydrogens is 243 g/mol. The highest BCUT2D eigenvalue weighted by Crippen LogP contribution is 2.32. The summed E-state index contributed by atoms with van der Waals surface area (Å²) >= 11 is 0. The number of nitrogens with one attached hydrogen (secondary N) is 1. The highest BCUT2D eigenvalue weighted by molar-refractivity contribution is 5.63. The molecule has 0 aromatic carbocycles. The van der Waals surface area contributed by atoms with Crippen LogP contribution >= 0.6 is 0 Å². The summed E-state index contributed by atoms with van der Waals surface area (Å²) in [6.07, 6.45) is 1.71. The van der Waals surface area contributed by atoms with Crippen LogP contribution in [0.1, 0.15) is 37.7 Å². The Labute approximate surface area is 104 Å². The number of aromatic nitrogens is 1. The Morgan fingerprint density at radius 1 is 1.22 bits per heavy atom. The van der Waals surface area contributed by atoms with E-state index < -0.39 is 11.7 Å². The maximum atomic E-state index is 12.6. The Balaban J connectivity index is 2.15. The Morgan fingerprint density at radius 3 is 2.50 bits per heavy atom. The van der Waals surface area contributed by atoms with E-state index in [2.05, 4.69) is 10.3 Å². The van der Waals surface area contributed by atoms with Gasteiger partial charge in [-0.15, -0.1) is 0 Å². The average Bonchev–Trinajstić information content (AvgIpc) is 2.32. The van der Waals surface area contributed by atoms with Crippen LogP contribution in [-0.4, -0.2) is 11.0 Å². The predicted molar refractivity (Wildman–Crippen MR) is 64.1 cm³/mol. The van der Waals surface area contributed by atoms with Gasteiger partial charge in [-0.1, -0.05) is 19.3 Å². The van der Waals surface area contributed by atoms with E-state index in [1.165, 1.54) is 6.42 Å². The molecule has 0 spiro atoms. The fourth-order valence-corrected chi connectivity index (χ4v) is 2.21. The number of nitrogens with zero attached hydrogens (tertiary/aromatic N) is 1. The summed E-state index contributed by atoms with van der Waals surface area (Å²) in [5.74, 6) is 0.119. The molecule has 6 heteroatoms. The lowest BCUT2D eigenvalue weighted by atomic mass is 9.95. The molecule has 1 saturated carbocycles. The minimum absolute atomic E-state index is 0.119. The summed E-state index contributed by atoms with van der Waals surface area (Å²) in [4.78, 5) is 3.61. The van der Waals surface area contributed by atoms with Crippen molar-refractivity contribution in [1.29, 1.82) is 0 Å². The molecule has 1 heterocycles. The zero-order chi connectivity index (χ0) is 13.2. The fourth-order valence-electron chi connectivity index (χ4n) is 2.21. The number of halogens is 3. The first-order valence-electron chi connectivity index (χ1n) is 6.06. The molecule has 0 aliphatic heterocycles. The maximum Gasteiger partial charge on any atom is 0.417 e. The van der Waals surface area contributed by atoms with Crippen LogP contribution in [0, 0.1) is 0 Å². The lowest BCUT2D eigenvalue weighted by Gasteiger charge is -2.24. The van der Waals surface area contributed by atoms with Crippen LogP contribution in [0.2, 0.25) is 0 Å². The topological polar surface area (TPSA) is 50.9 Å². The van der Waals surface area contributed by atoms with Gasteiger partial charge < -0.3 is 11.1 Å². The lowest BCUT2D eigenvalue weighted by Crippen LogP contribution is -2.23. The van der Waals surface area contributed by atoms with E-state index >= 15 is 0 Å². The smallest absolute Gasteiger partial charge is 0.382 e. The first-order valence-corrected chi connectivity index (χ1v) is 6.06. The minimum Gasteiger partial charge on any atom is -0.382 e. The van der Waals surface area contributed by atoms with Crippen LogP contribution < -0.4 is 11.1 Å². The first-order chi connectivity index (χ1) is 8.47. The number of alkyl halides is 3. The number of rotatable bonds is 2. The molecule has 0 amide bonds. The zero-order valence-corrected chi connectivity index (χ0v) is 9.93. The van der Waals surface area contributed by atoms with Crippen LogP contribution in [0.15, 0.2) is 12.3 Å². The third-order valence-electron chi connectivity index (χ3n) is 3.21. The van der Waals surface area contributed by atoms with E-state index in [4.69, 9.17) is 5.73 Å². The normalized spacial score (nSPS) is 17.7. The van der Waals surface area contributed by atoms with Crippen LogP contribution in [0.5, 0.6) is 0 Å². The van der Waals surface area contributed by atoms with Crippen molar-refractivity contribution >= 4 is 11.5 Å². The molecule has 0 atom stereocenters. The number of nitrogens with two attached hydrogens (primary N) is 1. The van der Waals surface area contributed by atoms with E-state index in [0.29, 0.717) is 0 Å². The Kier molecular flexibility index (Phi) is 3.63. The molecule has 0 saturated heterocycles. The monoisotopic (exact) mass is 259 g/mol. The average molecular weight is 259 g/mol. The van der Waals surface area contributed by atoms with Gasteiger partial charge in [0.05, 0.1) is 11.3 Å². The quantitative estimate of drug-likeness (QED) is 0.855. The lowest BCUT2D eigenvalue weighted by molar-refractivity contribution is -0.137. The van der Waals surface area contributed by atoms with Crippen LogP contribution in [0.4, 0.5) is 24.7 Å². The Bertz CT molecular complexity index is 412. The standard InChI is InChI=1S/C12H16F3N3/c13-12(14,15)8-6-10(11(16)17-7-8)18-9-4-2-1-3-5-9/h6-7,9,18H,1-5H2,(H2,16,17). The van der Waals surface area contributed by atoms with Gasteiger partial charge in [0.1, 0.15) is 5.82 Å². The summed E-state index contributed by atoms with van der Waals surface area (Å²) in [5, 5.41) is 3.07. The summed E-state index contributed by atoms with van der Waals surface area (Å²) in [6, 6.07) is 1.24. The van der Waals surface area contributed by atoms with Crippen LogP contribution in [-0.2, 0) is 6.18 Å². The summed E-state index contributed by atoms with van der Waals surface area (Å²) < 4.78 is 37.7. The maximum absolute atomic E-state index is 12.6. The number of pyridine rings is 1. The van der Waals surface area contributed by atoms with Gasteiger partial charge >= 0.3 is 6.18 Å². The molecule has 0 unspecified atom stereocenters. The number of anilines is 2. The molecule has 2 rings (SSSR count). The van der Waals surface area contributed by atoms with Crippen molar-refractivity contribution in [2.45, 2.75) is 44.3 Å². The second-order valence-electron chi connectivity index (χ2n) is 4.63. The summed E-state index contributed by atoms with van der Waals surface area (Å²) in [6.45, 7) is 0. The molecule has 1 aliphatic carbocycles. The van der Waals surface area contributed by atoms with Crippen LogP contribution in [0.25, 0.3) is 0 Å². The summed E-state index contributed by atoms with van der Waals surface area (Å²) in [7, 11) is 0. The molecule has 1 fully saturated rings. The molecule has 3 N–H and O–H groups in total. The van der Waals surface area contributed by atoms with Crippen molar-refractivity contribution < 1.29 is 13.2 Å². The van der Waals surface area contributed by atoms with E-state index in [0.717, 1.165) is 37.9 Å². The number of hydrogen-bond donors (Lipinski definition) is 2. The van der Waals surface area contributed by atoms with E-state index in [1.54, 1.807) is 0 Å². The summed E-state index contributed by atoms with van der Waals surface area (Å²) in [5.41, 5.74) is 5.13. The first kappa shape index (κ1) is 13.0. The number of nitrogen functional groups attached to an aromatic ring is 1. The largest absolute Gasteiger partial charge is 0.417 e. The molecule has 1 aromatic heterocycles. The van der Waals surface area contributed by atoms with E-state index in [-0.39, 0.29) is 17.5 Å². The minimum atomic E-state index is -4.39. The zero-order valence-electron chi connectivity index (χ0n) is 9.93. The highest BCUT2D eigenvalue weighted by atomic mass is 19.4. The van der Waals surface area contributed by atoms with Gasteiger partial charge in [0.15, 0.2) is 0 Å². The van der Waals surface area contributed by atoms with Gasteiger partial charge in [-0.3, -0.25) is 0 Å². The molecule has 18 heavy (non-hydrogen) atoms. The van der Waals surface area contributed by atoms with Crippen LogP contribution in [0.3, 0.4) is 0 Å². The second-order valence-corrected chi connectivity index (χ2v) is 4.63. The molecule has 0 radical (unpaired) electrons. The van der Waals surface area contributed by atoms with Gasteiger partial charge in [0, 0.05) is 12.2 Å². The van der Waals surface area contributed by atoms with E-state index in [9.17, 15) is 13.2 Å². The third-order valence-corrected chi connectivity index (χ3v) is 3.21. The van der Waals surface area contributed by atoms with Crippen molar-refractivity contribution in [3.05, 3.63) is 17.8 Å². The van der Waals surface area contributed by atoms with Gasteiger partial charge in [0.25, 0.3) is 0 Å². The molecule has 1 aliphatic rings. The van der Waals surface area contributed by atoms with Gasteiger partial charge in [-0.05, 0) is 18.9 Å². The molecule has 0 bridgehead atoms. The Hall–Kier alpha value is -1.46.